The topological polar surface area (TPSA) is 43.4 Å². The molecule has 0 aromatic heterocycles. The molecule has 0 saturated heterocycles. The summed E-state index contributed by atoms with van der Waals surface area (Å²) in [6, 6.07) is 0. The number of ether oxygens (including phenoxy) is 1. The van der Waals surface area contributed by atoms with E-state index in [2.05, 4.69) is 13.8 Å². The molecule has 0 fully saturated rings. The zero-order valence-electron chi connectivity index (χ0n) is 9.92. The first-order valence-corrected chi connectivity index (χ1v) is 5.17. The normalized spacial score (nSPS) is 9.00. The van der Waals surface area contributed by atoms with Crippen molar-refractivity contribution in [3.63, 3.8) is 0 Å². The largest absolute Gasteiger partial charge is 0.465 e. The molecule has 0 rings (SSSR count). The number of hydrogen-bond donors (Lipinski definition) is 0. The van der Waals surface area contributed by atoms with Gasteiger partial charge in [0, 0.05) is 0 Å². The molecule has 0 saturated carbocycles. The van der Waals surface area contributed by atoms with Crippen LogP contribution in [0.15, 0.2) is 0 Å². The average Bonchev–Trinajstić information content (AvgIpc) is 2.05. The van der Waals surface area contributed by atoms with E-state index in [9.17, 15) is 9.59 Å². The van der Waals surface area contributed by atoms with Crippen LogP contribution in [0.25, 0.3) is 0 Å². The summed E-state index contributed by atoms with van der Waals surface area (Å²) in [5.41, 5.74) is 0. The lowest BCUT2D eigenvalue weighted by Crippen LogP contribution is -2.10. The molecule has 0 N–H and O–H groups in total. The van der Waals surface area contributed by atoms with Gasteiger partial charge in [0.2, 0.25) is 0 Å². The van der Waals surface area contributed by atoms with Gasteiger partial charge in [0.05, 0.1) is 6.61 Å². The Morgan fingerprint density at radius 2 is 1.71 bits per heavy atom. The number of rotatable bonds is 5. The zero-order valence-corrected chi connectivity index (χ0v) is 9.92. The molecule has 0 aliphatic heterocycles. The Bertz CT molecular complexity index is 162. The highest BCUT2D eigenvalue weighted by molar-refractivity contribution is 5.94. The van der Waals surface area contributed by atoms with Crippen molar-refractivity contribution < 1.29 is 14.3 Å². The van der Waals surface area contributed by atoms with E-state index in [0.29, 0.717) is 12.5 Å². The zero-order chi connectivity index (χ0) is 11.6. The maximum Gasteiger partial charge on any atom is 0.313 e. The summed E-state index contributed by atoms with van der Waals surface area (Å²) in [5, 5.41) is 0. The molecule has 84 valence electrons. The summed E-state index contributed by atoms with van der Waals surface area (Å²) in [5.74, 6) is -0.0391. The minimum absolute atomic E-state index is 0.0991. The van der Waals surface area contributed by atoms with Gasteiger partial charge in [0.15, 0.2) is 0 Å². The Balaban J connectivity index is 0. The fraction of sp³-hybridized carbons (Fsp3) is 0.818. The molecular formula is C11H22O3. The Morgan fingerprint density at radius 3 is 2.07 bits per heavy atom. The maximum atomic E-state index is 10.8. The van der Waals surface area contributed by atoms with Crippen molar-refractivity contribution in [2.75, 3.05) is 6.61 Å². The highest BCUT2D eigenvalue weighted by Gasteiger charge is 2.05. The number of hydrogen-bond acceptors (Lipinski definition) is 3. The smallest absolute Gasteiger partial charge is 0.313 e. The lowest BCUT2D eigenvalue weighted by atomic mass is 10.1. The second kappa shape index (κ2) is 10.2. The lowest BCUT2D eigenvalue weighted by Gasteiger charge is -2.05. The third-order valence-corrected chi connectivity index (χ3v) is 1.35. The maximum absolute atomic E-state index is 10.8. The molecule has 0 radical (unpaired) electrons. The molecule has 0 aromatic carbocycles. The van der Waals surface area contributed by atoms with E-state index >= 15 is 0 Å². The predicted molar refractivity (Wildman–Crippen MR) is 57.1 cm³/mol. The minimum atomic E-state index is -0.414. The van der Waals surface area contributed by atoms with Gasteiger partial charge >= 0.3 is 5.97 Å². The highest BCUT2D eigenvalue weighted by Crippen LogP contribution is 1.99. The van der Waals surface area contributed by atoms with Crippen molar-refractivity contribution in [2.45, 2.75) is 47.5 Å². The lowest BCUT2D eigenvalue weighted by molar-refractivity contribution is -0.145. The summed E-state index contributed by atoms with van der Waals surface area (Å²) in [4.78, 5) is 21.2. The molecule has 0 amide bonds. The summed E-state index contributed by atoms with van der Waals surface area (Å²) in [6.45, 7) is 9.91. The summed E-state index contributed by atoms with van der Waals surface area (Å²) >= 11 is 0. The van der Waals surface area contributed by atoms with Gasteiger partial charge in [0.1, 0.15) is 12.2 Å². The van der Waals surface area contributed by atoms with Crippen molar-refractivity contribution in [1.29, 1.82) is 0 Å². The van der Waals surface area contributed by atoms with Gasteiger partial charge in [-0.1, -0.05) is 27.7 Å². The molecule has 0 heterocycles. The summed E-state index contributed by atoms with van der Waals surface area (Å²) < 4.78 is 4.80. The average molecular weight is 202 g/mol. The first-order chi connectivity index (χ1) is 6.52. The molecule has 0 aliphatic carbocycles. The van der Waals surface area contributed by atoms with Crippen LogP contribution in [0.3, 0.4) is 0 Å². The number of Topliss-reactive ketones (excluding diaryl/α,β-unsaturated/α-hetero) is 1. The summed E-state index contributed by atoms with van der Waals surface area (Å²) in [6.07, 6.45) is 0.752. The van der Waals surface area contributed by atoms with Crippen molar-refractivity contribution in [3.05, 3.63) is 0 Å². The fourth-order valence-corrected chi connectivity index (χ4v) is 0.663. The molecule has 0 aliphatic rings. The molecule has 0 spiro atoms. The van der Waals surface area contributed by atoms with Crippen LogP contribution in [0.1, 0.15) is 47.5 Å². The monoisotopic (exact) mass is 202 g/mol. The first-order valence-electron chi connectivity index (χ1n) is 5.17. The predicted octanol–water partition coefficient (Wildman–Crippen LogP) is 2.58. The van der Waals surface area contributed by atoms with Gasteiger partial charge < -0.3 is 4.74 Å². The highest BCUT2D eigenvalue weighted by atomic mass is 16.5. The molecule has 3 nitrogen and oxygen atoms in total. The Morgan fingerprint density at radius 1 is 1.21 bits per heavy atom. The molecule has 0 bridgehead atoms. The molecule has 0 unspecified atom stereocenters. The van der Waals surface area contributed by atoms with Crippen LogP contribution in [0, 0.1) is 5.92 Å². The number of ketones is 1. The van der Waals surface area contributed by atoms with Crippen LogP contribution in [0.5, 0.6) is 0 Å². The molecule has 3 heteroatoms. The van der Waals surface area contributed by atoms with Crippen LogP contribution in [0.2, 0.25) is 0 Å². The Kier molecular flexibility index (Phi) is 11.4. The molecular weight excluding hydrogens is 180 g/mol. The van der Waals surface area contributed by atoms with E-state index in [-0.39, 0.29) is 12.2 Å². The standard InChI is InChI=1S/C9H16O3.C2H6/c1-7(2)4-5-12-9(11)6-8(3)10;1-2/h7H,4-6H2,1-3H3;1-2H3. The van der Waals surface area contributed by atoms with E-state index in [1.165, 1.54) is 6.92 Å². The van der Waals surface area contributed by atoms with Gasteiger partial charge in [-0.3, -0.25) is 9.59 Å². The molecule has 0 atom stereocenters. The second-order valence-corrected chi connectivity index (χ2v) is 3.28. The first kappa shape index (κ1) is 15.6. The summed E-state index contributed by atoms with van der Waals surface area (Å²) in [7, 11) is 0. The van der Waals surface area contributed by atoms with Crippen LogP contribution in [-0.4, -0.2) is 18.4 Å². The van der Waals surface area contributed by atoms with Crippen molar-refractivity contribution in [3.8, 4) is 0 Å². The van der Waals surface area contributed by atoms with Crippen LogP contribution in [0.4, 0.5) is 0 Å². The van der Waals surface area contributed by atoms with Crippen LogP contribution in [-0.2, 0) is 14.3 Å². The number of carbonyl (C=O) groups is 2. The van der Waals surface area contributed by atoms with Gasteiger partial charge in [0.25, 0.3) is 0 Å². The van der Waals surface area contributed by atoms with Gasteiger partial charge in [-0.05, 0) is 19.3 Å². The van der Waals surface area contributed by atoms with Crippen molar-refractivity contribution >= 4 is 11.8 Å². The van der Waals surface area contributed by atoms with E-state index in [0.717, 1.165) is 6.42 Å². The van der Waals surface area contributed by atoms with Crippen molar-refractivity contribution in [2.24, 2.45) is 5.92 Å². The number of carbonyl (C=O) groups excluding carboxylic acids is 2. The van der Waals surface area contributed by atoms with Crippen LogP contribution < -0.4 is 0 Å². The van der Waals surface area contributed by atoms with E-state index in [4.69, 9.17) is 4.74 Å². The SMILES string of the molecule is CC.CC(=O)CC(=O)OCCC(C)C. The van der Waals surface area contributed by atoms with Gasteiger partial charge in [-0.25, -0.2) is 0 Å². The second-order valence-electron chi connectivity index (χ2n) is 3.28. The Hall–Kier alpha value is -0.860. The van der Waals surface area contributed by atoms with E-state index in [1.807, 2.05) is 13.8 Å². The molecule has 0 aromatic rings. The van der Waals surface area contributed by atoms with Crippen molar-refractivity contribution in [1.82, 2.24) is 0 Å². The van der Waals surface area contributed by atoms with Crippen LogP contribution >= 0.6 is 0 Å². The Labute approximate surface area is 86.8 Å². The van der Waals surface area contributed by atoms with Gasteiger partial charge in [-0.15, -0.1) is 0 Å². The third-order valence-electron chi connectivity index (χ3n) is 1.35. The van der Waals surface area contributed by atoms with E-state index in [1.54, 1.807) is 0 Å². The quantitative estimate of drug-likeness (QED) is 0.508. The third kappa shape index (κ3) is 13.7. The van der Waals surface area contributed by atoms with E-state index < -0.39 is 5.97 Å². The minimum Gasteiger partial charge on any atom is -0.465 e. The van der Waals surface area contributed by atoms with Gasteiger partial charge in [-0.2, -0.15) is 0 Å². The molecule has 14 heavy (non-hydrogen) atoms. The number of esters is 1. The fourth-order valence-electron chi connectivity index (χ4n) is 0.663.